The van der Waals surface area contributed by atoms with E-state index in [1.807, 2.05) is 12.1 Å². The van der Waals surface area contributed by atoms with Gasteiger partial charge >= 0.3 is 0 Å². The van der Waals surface area contributed by atoms with Crippen molar-refractivity contribution in [2.24, 2.45) is 0 Å². The molecule has 3 heteroatoms. The summed E-state index contributed by atoms with van der Waals surface area (Å²) in [5.74, 6) is 0.952. The van der Waals surface area contributed by atoms with Crippen LogP contribution in [0.5, 0.6) is 0 Å². The van der Waals surface area contributed by atoms with Gasteiger partial charge < -0.3 is 10.0 Å². The van der Waals surface area contributed by atoms with Crippen molar-refractivity contribution in [1.82, 2.24) is 4.98 Å². The molecule has 98 valence electrons. The molecule has 1 unspecified atom stereocenters. The first-order valence-electron chi connectivity index (χ1n) is 6.70. The number of anilines is 1. The highest BCUT2D eigenvalue weighted by Crippen LogP contribution is 2.24. The van der Waals surface area contributed by atoms with Crippen LogP contribution in [0.15, 0.2) is 42.6 Å². The summed E-state index contributed by atoms with van der Waals surface area (Å²) >= 11 is 0. The molecule has 0 aliphatic carbocycles. The van der Waals surface area contributed by atoms with E-state index in [4.69, 9.17) is 0 Å². The fraction of sp³-hybridized carbons (Fsp3) is 0.312. The standard InChI is InChI=1S/C16H18N2O/c1-12(19)14-6-8-17-16(10-14)18-9-7-13-4-2-3-5-15(13)11-18/h2-6,8,10,12,19H,7,9,11H2,1H3. The van der Waals surface area contributed by atoms with E-state index in [0.717, 1.165) is 30.9 Å². The van der Waals surface area contributed by atoms with E-state index in [1.54, 1.807) is 13.1 Å². The van der Waals surface area contributed by atoms with E-state index in [2.05, 4.69) is 34.1 Å². The Balaban J connectivity index is 1.87. The number of nitrogens with zero attached hydrogens (tertiary/aromatic N) is 2. The molecule has 0 bridgehead atoms. The Labute approximate surface area is 113 Å². The van der Waals surface area contributed by atoms with Crippen molar-refractivity contribution in [2.75, 3.05) is 11.4 Å². The number of hydrogen-bond donors (Lipinski definition) is 1. The van der Waals surface area contributed by atoms with E-state index >= 15 is 0 Å². The molecule has 1 aromatic heterocycles. The fourth-order valence-electron chi connectivity index (χ4n) is 2.56. The Morgan fingerprint density at radius 2 is 2.00 bits per heavy atom. The van der Waals surface area contributed by atoms with Gasteiger partial charge in [0.1, 0.15) is 5.82 Å². The molecule has 0 radical (unpaired) electrons. The van der Waals surface area contributed by atoms with Crippen LogP contribution in [-0.2, 0) is 13.0 Å². The zero-order chi connectivity index (χ0) is 13.2. The average Bonchev–Trinajstić information content (AvgIpc) is 2.47. The molecule has 0 saturated heterocycles. The third-order valence-corrected chi connectivity index (χ3v) is 3.71. The normalized spacial score (nSPS) is 16.0. The second-order valence-corrected chi connectivity index (χ2v) is 5.06. The number of aromatic nitrogens is 1. The molecular formula is C16H18N2O. The lowest BCUT2D eigenvalue weighted by atomic mass is 10.00. The van der Waals surface area contributed by atoms with Gasteiger partial charge in [0.2, 0.25) is 0 Å². The molecule has 3 nitrogen and oxygen atoms in total. The van der Waals surface area contributed by atoms with Crippen LogP contribution in [0.2, 0.25) is 0 Å². The summed E-state index contributed by atoms with van der Waals surface area (Å²) in [5, 5.41) is 9.66. The minimum atomic E-state index is -0.446. The van der Waals surface area contributed by atoms with Crippen LogP contribution in [-0.4, -0.2) is 16.6 Å². The van der Waals surface area contributed by atoms with Crippen molar-refractivity contribution < 1.29 is 5.11 Å². The summed E-state index contributed by atoms with van der Waals surface area (Å²) < 4.78 is 0. The summed E-state index contributed by atoms with van der Waals surface area (Å²) in [7, 11) is 0. The molecule has 1 atom stereocenters. The average molecular weight is 254 g/mol. The first kappa shape index (κ1) is 12.2. The maximum absolute atomic E-state index is 9.66. The molecule has 1 aliphatic rings. The molecule has 1 N–H and O–H groups in total. The number of pyridine rings is 1. The highest BCUT2D eigenvalue weighted by atomic mass is 16.3. The Hall–Kier alpha value is -1.87. The molecular weight excluding hydrogens is 236 g/mol. The molecule has 0 saturated carbocycles. The van der Waals surface area contributed by atoms with E-state index in [0.29, 0.717) is 0 Å². The molecule has 2 heterocycles. The maximum atomic E-state index is 9.66. The lowest BCUT2D eigenvalue weighted by molar-refractivity contribution is 0.199. The van der Waals surface area contributed by atoms with Crippen LogP contribution >= 0.6 is 0 Å². The van der Waals surface area contributed by atoms with E-state index in [1.165, 1.54) is 11.1 Å². The van der Waals surface area contributed by atoms with Crippen LogP contribution in [0, 0.1) is 0 Å². The second kappa shape index (κ2) is 5.02. The monoisotopic (exact) mass is 254 g/mol. The minimum absolute atomic E-state index is 0.446. The van der Waals surface area contributed by atoms with E-state index in [9.17, 15) is 5.11 Å². The van der Waals surface area contributed by atoms with Crippen LogP contribution < -0.4 is 4.90 Å². The van der Waals surface area contributed by atoms with Gasteiger partial charge in [-0.05, 0) is 42.2 Å². The number of benzene rings is 1. The van der Waals surface area contributed by atoms with Crippen LogP contribution in [0.4, 0.5) is 5.82 Å². The van der Waals surface area contributed by atoms with Gasteiger partial charge in [-0.1, -0.05) is 24.3 Å². The number of rotatable bonds is 2. The van der Waals surface area contributed by atoms with Gasteiger partial charge in [0.05, 0.1) is 6.10 Å². The predicted octanol–water partition coefficient (Wildman–Crippen LogP) is 2.70. The number of aliphatic hydroxyl groups is 1. The number of hydrogen-bond acceptors (Lipinski definition) is 3. The maximum Gasteiger partial charge on any atom is 0.129 e. The lowest BCUT2D eigenvalue weighted by Gasteiger charge is -2.30. The molecule has 1 aliphatic heterocycles. The Morgan fingerprint density at radius 1 is 1.21 bits per heavy atom. The van der Waals surface area contributed by atoms with Gasteiger partial charge in [0, 0.05) is 19.3 Å². The van der Waals surface area contributed by atoms with Crippen LogP contribution in [0.3, 0.4) is 0 Å². The van der Waals surface area contributed by atoms with Gasteiger partial charge in [-0.3, -0.25) is 0 Å². The van der Waals surface area contributed by atoms with Crippen LogP contribution in [0.25, 0.3) is 0 Å². The molecule has 3 rings (SSSR count). The van der Waals surface area contributed by atoms with Gasteiger partial charge in [-0.25, -0.2) is 4.98 Å². The van der Waals surface area contributed by atoms with Crippen molar-refractivity contribution in [3.63, 3.8) is 0 Å². The largest absolute Gasteiger partial charge is 0.389 e. The molecule has 0 fully saturated rings. The molecule has 1 aromatic carbocycles. The quantitative estimate of drug-likeness (QED) is 0.895. The zero-order valence-electron chi connectivity index (χ0n) is 11.1. The SMILES string of the molecule is CC(O)c1ccnc(N2CCc3ccccc3C2)c1. The van der Waals surface area contributed by atoms with Crippen molar-refractivity contribution in [2.45, 2.75) is 26.0 Å². The van der Waals surface area contributed by atoms with Gasteiger partial charge in [0.25, 0.3) is 0 Å². The zero-order valence-corrected chi connectivity index (χ0v) is 11.1. The highest BCUT2D eigenvalue weighted by Gasteiger charge is 2.17. The summed E-state index contributed by atoms with van der Waals surface area (Å²) in [6.07, 6.45) is 2.38. The van der Waals surface area contributed by atoms with E-state index < -0.39 is 6.10 Å². The second-order valence-electron chi connectivity index (χ2n) is 5.06. The first-order valence-corrected chi connectivity index (χ1v) is 6.70. The predicted molar refractivity (Wildman–Crippen MR) is 76.1 cm³/mol. The lowest BCUT2D eigenvalue weighted by Crippen LogP contribution is -2.31. The Morgan fingerprint density at radius 3 is 2.79 bits per heavy atom. The minimum Gasteiger partial charge on any atom is -0.389 e. The number of fused-ring (bicyclic) bond motifs is 1. The fourth-order valence-corrected chi connectivity index (χ4v) is 2.56. The van der Waals surface area contributed by atoms with Crippen LogP contribution in [0.1, 0.15) is 29.7 Å². The highest BCUT2D eigenvalue weighted by molar-refractivity contribution is 5.45. The summed E-state index contributed by atoms with van der Waals surface area (Å²) in [4.78, 5) is 6.71. The topological polar surface area (TPSA) is 36.4 Å². The summed E-state index contributed by atoms with van der Waals surface area (Å²) in [6, 6.07) is 12.4. The van der Waals surface area contributed by atoms with Crippen molar-refractivity contribution in [3.8, 4) is 0 Å². The third-order valence-electron chi connectivity index (χ3n) is 3.71. The summed E-state index contributed by atoms with van der Waals surface area (Å²) in [6.45, 7) is 3.66. The molecule has 19 heavy (non-hydrogen) atoms. The van der Waals surface area contributed by atoms with E-state index in [-0.39, 0.29) is 0 Å². The van der Waals surface area contributed by atoms with Crippen molar-refractivity contribution >= 4 is 5.82 Å². The van der Waals surface area contributed by atoms with Crippen molar-refractivity contribution in [3.05, 3.63) is 59.3 Å². The molecule has 0 spiro atoms. The summed E-state index contributed by atoms with van der Waals surface area (Å²) in [5.41, 5.74) is 3.73. The molecule has 2 aromatic rings. The number of aliphatic hydroxyl groups excluding tert-OH is 1. The molecule has 0 amide bonds. The first-order chi connectivity index (χ1) is 9.24. The smallest absolute Gasteiger partial charge is 0.129 e. The van der Waals surface area contributed by atoms with Gasteiger partial charge in [-0.2, -0.15) is 0 Å². The Bertz CT molecular complexity index is 580. The third kappa shape index (κ3) is 2.47. The van der Waals surface area contributed by atoms with Crippen molar-refractivity contribution in [1.29, 1.82) is 0 Å². The van der Waals surface area contributed by atoms with Gasteiger partial charge in [0.15, 0.2) is 0 Å². The Kier molecular flexibility index (Phi) is 3.22. The van der Waals surface area contributed by atoms with Gasteiger partial charge in [-0.15, -0.1) is 0 Å².